The maximum absolute atomic E-state index is 16.5. The van der Waals surface area contributed by atoms with E-state index < -0.39 is 29.7 Å². The molecule has 1 aliphatic heterocycles. The number of benzene rings is 4. The molecule has 6 rings (SSSR count). The first kappa shape index (κ1) is 42.3. The molecule has 0 saturated carbocycles. The third kappa shape index (κ3) is 10.4. The van der Waals surface area contributed by atoms with E-state index in [-0.39, 0.29) is 39.3 Å². The highest BCUT2D eigenvalue weighted by atomic mass is 32.2. The molecule has 9 nitrogen and oxygen atoms in total. The van der Waals surface area contributed by atoms with Crippen molar-refractivity contribution in [3.8, 4) is 22.6 Å². The zero-order valence-corrected chi connectivity index (χ0v) is 34.1. The second kappa shape index (κ2) is 19.4. The van der Waals surface area contributed by atoms with E-state index in [2.05, 4.69) is 9.24 Å². The van der Waals surface area contributed by atoms with Crippen molar-refractivity contribution in [2.45, 2.75) is 58.4 Å². The van der Waals surface area contributed by atoms with Crippen LogP contribution in [0.5, 0.6) is 11.5 Å². The third-order valence-corrected chi connectivity index (χ3v) is 11.2. The molecule has 1 saturated heterocycles. The lowest BCUT2D eigenvalue weighted by atomic mass is 9.90. The van der Waals surface area contributed by atoms with E-state index in [4.69, 9.17) is 23.7 Å². The van der Waals surface area contributed by atoms with Gasteiger partial charge >= 0.3 is 5.97 Å². The number of rotatable bonds is 18. The molecule has 0 radical (unpaired) electrons. The predicted molar refractivity (Wildman–Crippen MR) is 221 cm³/mol. The van der Waals surface area contributed by atoms with Gasteiger partial charge in [-0.15, -0.1) is 9.24 Å². The van der Waals surface area contributed by atoms with Gasteiger partial charge in [-0.1, -0.05) is 85.2 Å². The van der Waals surface area contributed by atoms with Gasteiger partial charge in [0.1, 0.15) is 42.5 Å². The minimum Gasteiger partial charge on any atom is -0.453 e. The third-order valence-electron chi connectivity index (χ3n) is 9.80. The predicted octanol–water partition coefficient (Wildman–Crippen LogP) is 8.91. The summed E-state index contributed by atoms with van der Waals surface area (Å²) in [4.78, 5) is 38.7. The maximum atomic E-state index is 16.5. The van der Waals surface area contributed by atoms with Crippen LogP contribution in [-0.2, 0) is 29.7 Å². The minimum absolute atomic E-state index is 0.0567. The monoisotopic (exact) mass is 817 g/mol. The van der Waals surface area contributed by atoms with E-state index >= 15 is 8.78 Å². The van der Waals surface area contributed by atoms with Gasteiger partial charge in [0.2, 0.25) is 0 Å². The number of carbonyl (C=O) groups is 3. The van der Waals surface area contributed by atoms with Crippen molar-refractivity contribution in [1.82, 2.24) is 4.31 Å². The number of hydrogen-bond donors (Lipinski definition) is 0. The number of hydrogen-bond acceptors (Lipinski definition) is 10. The van der Waals surface area contributed by atoms with E-state index in [9.17, 15) is 14.4 Å². The van der Waals surface area contributed by atoms with Gasteiger partial charge in [-0.3, -0.25) is 9.59 Å². The highest BCUT2D eigenvalue weighted by Gasteiger charge is 2.35. The van der Waals surface area contributed by atoms with Crippen molar-refractivity contribution in [1.29, 1.82) is 0 Å². The summed E-state index contributed by atoms with van der Waals surface area (Å²) in [6, 6.07) is 18.4. The molecule has 300 valence electrons. The van der Waals surface area contributed by atoms with Crippen LogP contribution in [0.15, 0.2) is 90.5 Å². The van der Waals surface area contributed by atoms with Crippen LogP contribution in [0.1, 0.15) is 61.0 Å². The largest absolute Gasteiger partial charge is 0.453 e. The van der Waals surface area contributed by atoms with Crippen molar-refractivity contribution in [2.75, 3.05) is 32.6 Å². The molecule has 1 heterocycles. The van der Waals surface area contributed by atoms with E-state index in [1.54, 1.807) is 54.4 Å². The number of fused-ring (bicyclic) bond motifs is 1. The molecular formula is C44H46F2NO8PS. The van der Waals surface area contributed by atoms with Crippen LogP contribution in [0.4, 0.5) is 8.78 Å². The molecule has 1 aliphatic carbocycles. The Balaban J connectivity index is 1.11. The molecule has 4 unspecified atom stereocenters. The highest BCUT2D eigenvalue weighted by molar-refractivity contribution is 7.97. The van der Waals surface area contributed by atoms with Crippen LogP contribution in [0.2, 0.25) is 0 Å². The molecule has 4 aromatic carbocycles. The summed E-state index contributed by atoms with van der Waals surface area (Å²) < 4.78 is 63.0. The van der Waals surface area contributed by atoms with Crippen LogP contribution in [0, 0.1) is 18.7 Å². The number of aldehydes is 1. The molecule has 0 bridgehead atoms. The highest BCUT2D eigenvalue weighted by Crippen LogP contribution is 2.41. The van der Waals surface area contributed by atoms with Gasteiger partial charge in [0.15, 0.2) is 6.29 Å². The Kier molecular flexibility index (Phi) is 14.4. The molecule has 13 heteroatoms. The summed E-state index contributed by atoms with van der Waals surface area (Å²) in [6.45, 7) is 6.72. The average Bonchev–Trinajstić information content (AvgIpc) is 3.73. The number of aryl methyl sites for hydroxylation is 1. The molecular weight excluding hydrogens is 772 g/mol. The van der Waals surface area contributed by atoms with Crippen LogP contribution in [0.25, 0.3) is 21.9 Å². The summed E-state index contributed by atoms with van der Waals surface area (Å²) in [5, 5.41) is 0.793. The molecule has 0 spiro atoms. The Morgan fingerprint density at radius 3 is 2.47 bits per heavy atom. The van der Waals surface area contributed by atoms with E-state index in [0.717, 1.165) is 43.7 Å². The second-order valence-electron chi connectivity index (χ2n) is 14.1. The lowest BCUT2D eigenvalue weighted by Crippen LogP contribution is -2.30. The van der Waals surface area contributed by atoms with Crippen molar-refractivity contribution in [2.24, 2.45) is 5.92 Å². The second-order valence-corrected chi connectivity index (χ2v) is 15.7. The van der Waals surface area contributed by atoms with Crippen LogP contribution in [0.3, 0.4) is 0 Å². The van der Waals surface area contributed by atoms with Gasteiger partial charge in [-0.2, -0.15) is 8.70 Å². The van der Waals surface area contributed by atoms with Crippen molar-refractivity contribution >= 4 is 55.3 Å². The van der Waals surface area contributed by atoms with Crippen molar-refractivity contribution in [3.63, 3.8) is 0 Å². The Morgan fingerprint density at radius 2 is 1.77 bits per heavy atom. The summed E-state index contributed by atoms with van der Waals surface area (Å²) >= 11 is 1.61. The summed E-state index contributed by atoms with van der Waals surface area (Å²) in [5.41, 5.74) is 2.10. The van der Waals surface area contributed by atoms with Gasteiger partial charge < -0.3 is 23.7 Å². The zero-order valence-electron chi connectivity index (χ0n) is 32.1. The smallest absolute Gasteiger partial charge is 0.343 e. The van der Waals surface area contributed by atoms with Crippen LogP contribution in [-0.4, -0.2) is 61.1 Å². The van der Waals surface area contributed by atoms with Crippen molar-refractivity contribution in [3.05, 3.63) is 113 Å². The van der Waals surface area contributed by atoms with E-state index in [1.165, 1.54) is 25.1 Å². The van der Waals surface area contributed by atoms with Gasteiger partial charge in [0.25, 0.3) is 5.85 Å². The number of nitrogens with zero attached hydrogens (tertiary/aromatic N) is 1. The summed E-state index contributed by atoms with van der Waals surface area (Å²) in [6.07, 6.45) is 8.31. The number of unbranched alkanes of at least 4 members (excludes halogenated alkanes) is 3. The van der Waals surface area contributed by atoms with Crippen molar-refractivity contribution < 1.29 is 46.8 Å². The first-order valence-corrected chi connectivity index (χ1v) is 20.3. The molecule has 1 fully saturated rings. The fourth-order valence-corrected chi connectivity index (χ4v) is 7.69. The number of carbonyl (C=O) groups excluding carboxylic acids is 3. The Labute approximate surface area is 338 Å². The average molecular weight is 818 g/mol. The van der Waals surface area contributed by atoms with Gasteiger partial charge in [0, 0.05) is 36.2 Å². The summed E-state index contributed by atoms with van der Waals surface area (Å²) in [5.74, 6) is -4.62. The van der Waals surface area contributed by atoms with Gasteiger partial charge in [-0.25, -0.2) is 9.18 Å². The van der Waals surface area contributed by atoms with Crippen LogP contribution >= 0.6 is 21.2 Å². The molecule has 0 aromatic heterocycles. The fraction of sp³-hybridized carbons (Fsp3) is 0.341. The first-order valence-electron chi connectivity index (χ1n) is 18.8. The molecule has 57 heavy (non-hydrogen) atoms. The van der Waals surface area contributed by atoms with Gasteiger partial charge in [-0.05, 0) is 68.0 Å². The van der Waals surface area contributed by atoms with Gasteiger partial charge in [0.05, 0.1) is 28.7 Å². The number of esters is 1. The van der Waals surface area contributed by atoms with E-state index in [1.807, 2.05) is 35.5 Å². The number of ether oxygens (including phenoxy) is 5. The topological polar surface area (TPSA) is 101 Å². The quantitative estimate of drug-likeness (QED) is 0.0242. The SMILES string of the molecule is CC(=O)C1C=C(C(=O)Oc2c(C=O)cc(OC(C)(F)c3ccc(-c4ccc(C)cc4)c(P)c3F)c3ccccc23)C=CC1OCCCCCCOCN1COCS1. The normalized spacial score (nSPS) is 18.0. The number of Topliss-reactive ketones (excluding diaryl/α,β-unsaturated/α-hetero) is 1. The van der Waals surface area contributed by atoms with E-state index in [0.29, 0.717) is 55.2 Å². The Morgan fingerprint density at radius 1 is 1.04 bits per heavy atom. The lowest BCUT2D eigenvalue weighted by Gasteiger charge is -2.26. The maximum Gasteiger partial charge on any atom is 0.343 e. The first-order chi connectivity index (χ1) is 27.5. The minimum atomic E-state index is -2.67. The number of ketones is 1. The number of halogens is 2. The molecule has 4 aromatic rings. The molecule has 4 atom stereocenters. The molecule has 0 amide bonds. The summed E-state index contributed by atoms with van der Waals surface area (Å²) in [7, 11) is 2.35. The molecule has 2 aliphatic rings. The number of alkyl halides is 1. The fourth-order valence-electron chi connectivity index (χ4n) is 6.67. The standard InChI is InChI=1S/C44H46F2NO8PS/c1-28-12-14-30(15-13-28)33-17-18-37(40(45)42(33)56)44(3,46)55-39-23-32(24-48)41(35-11-7-6-10-34(35)39)54-43(50)31-16-19-38(36(22-31)29(2)49)53-21-9-5-4-8-20-51-25-47-26-52-27-57-47/h6-7,10-19,22-24,36,38H,4-5,8-9,20-21,25-27,56H2,1-3H3. The lowest BCUT2D eigenvalue weighted by molar-refractivity contribution is -0.129. The Hall–Kier alpha value is -4.29. The molecule has 0 N–H and O–H groups in total. The zero-order chi connectivity index (χ0) is 40.5. The Bertz CT molecular complexity index is 2150. The van der Waals surface area contributed by atoms with Crippen LogP contribution < -0.4 is 14.8 Å².